The van der Waals surface area contributed by atoms with E-state index in [1.54, 1.807) is 14.2 Å². The summed E-state index contributed by atoms with van der Waals surface area (Å²) in [5.74, 6) is 1.16. The first kappa shape index (κ1) is 24.9. The number of fused-ring (bicyclic) bond motifs is 1. The number of rotatable bonds is 8. The molecule has 0 bridgehead atoms. The maximum atomic E-state index is 13.6. The lowest BCUT2D eigenvalue weighted by molar-refractivity contribution is -0.118. The van der Waals surface area contributed by atoms with Crippen LogP contribution >= 0.6 is 11.6 Å². The van der Waals surface area contributed by atoms with Crippen molar-refractivity contribution in [1.29, 1.82) is 0 Å². The minimum Gasteiger partial charge on any atom is -0.493 e. The van der Waals surface area contributed by atoms with Crippen LogP contribution in [-0.2, 0) is 16.0 Å². The van der Waals surface area contributed by atoms with Crippen LogP contribution in [0.25, 0.3) is 0 Å². The topological polar surface area (TPSA) is 51.2 Å². The van der Waals surface area contributed by atoms with Gasteiger partial charge in [0.25, 0.3) is 0 Å². The molecule has 3 aromatic carbocycles. The van der Waals surface area contributed by atoms with Gasteiger partial charge in [0.15, 0.2) is 17.8 Å². The van der Waals surface area contributed by atoms with Crippen molar-refractivity contribution in [2.75, 3.05) is 38.1 Å². The zero-order valence-corrected chi connectivity index (χ0v) is 21.5. The maximum absolute atomic E-state index is 13.6. The lowest BCUT2D eigenvalue weighted by atomic mass is 9.86. The average molecular weight is 495 g/mol. The summed E-state index contributed by atoms with van der Waals surface area (Å²) in [7, 11) is 7.20. The van der Waals surface area contributed by atoms with Crippen LogP contribution in [0, 0.1) is 0 Å². The molecule has 35 heavy (non-hydrogen) atoms. The van der Waals surface area contributed by atoms with Crippen LogP contribution < -0.4 is 19.3 Å². The molecular weight excluding hydrogens is 464 g/mol. The molecule has 0 radical (unpaired) electrons. The number of ether oxygens (including phenoxy) is 3. The van der Waals surface area contributed by atoms with Crippen LogP contribution in [0.15, 0.2) is 60.7 Å². The van der Waals surface area contributed by atoms with Crippen LogP contribution in [-0.4, -0.2) is 40.5 Å². The molecule has 2 atom stereocenters. The van der Waals surface area contributed by atoms with Crippen molar-refractivity contribution in [3.63, 3.8) is 0 Å². The van der Waals surface area contributed by atoms with E-state index in [1.807, 2.05) is 91.5 Å². The molecule has 0 N–H and O–H groups in total. The lowest BCUT2D eigenvalue weighted by Crippen LogP contribution is -2.41. The Hall–Kier alpha value is -3.22. The zero-order chi connectivity index (χ0) is 25.1. The normalized spacial score (nSPS) is 16.0. The molecular formula is C28H31ClN2O4. The molecule has 0 saturated carbocycles. The maximum Gasteiger partial charge on any atom is 0.232 e. The monoisotopic (exact) mass is 494 g/mol. The van der Waals surface area contributed by atoms with E-state index in [0.717, 1.165) is 28.1 Å². The molecule has 184 valence electrons. The Morgan fingerprint density at radius 1 is 1.03 bits per heavy atom. The SMILES string of the molecule is CCC(OC)Oc1cc2c(cc1OC)CC(=O)N(c1ccc(N(C)C)cc1)C2c1ccc(Cl)cc1. The van der Waals surface area contributed by atoms with Gasteiger partial charge in [-0.05, 0) is 65.2 Å². The molecule has 7 heteroatoms. The minimum atomic E-state index is -0.407. The minimum absolute atomic E-state index is 0.00843. The Morgan fingerprint density at radius 3 is 2.29 bits per heavy atom. The van der Waals surface area contributed by atoms with Gasteiger partial charge in [0.1, 0.15) is 0 Å². The molecule has 1 amide bonds. The summed E-state index contributed by atoms with van der Waals surface area (Å²) in [6, 6.07) is 19.2. The Bertz CT molecular complexity index is 1170. The number of carbonyl (C=O) groups is 1. The van der Waals surface area contributed by atoms with Gasteiger partial charge in [-0.15, -0.1) is 0 Å². The fourth-order valence-electron chi connectivity index (χ4n) is 4.43. The highest BCUT2D eigenvalue weighted by Gasteiger charge is 2.36. The van der Waals surface area contributed by atoms with Crippen LogP contribution in [0.3, 0.4) is 0 Å². The van der Waals surface area contributed by atoms with E-state index in [4.69, 9.17) is 25.8 Å². The third-order valence-corrected chi connectivity index (χ3v) is 6.53. The van der Waals surface area contributed by atoms with Crippen LogP contribution in [0.4, 0.5) is 11.4 Å². The summed E-state index contributed by atoms with van der Waals surface area (Å²) in [6.07, 6.45) is 0.531. The number of halogens is 1. The molecule has 1 aliphatic heterocycles. The molecule has 4 rings (SSSR count). The van der Waals surface area contributed by atoms with Gasteiger partial charge >= 0.3 is 0 Å². The lowest BCUT2D eigenvalue weighted by Gasteiger charge is -2.38. The Labute approximate surface area is 212 Å². The highest BCUT2D eigenvalue weighted by atomic mass is 35.5. The third kappa shape index (κ3) is 5.09. The Balaban J connectivity index is 1.88. The molecule has 1 heterocycles. The Kier molecular flexibility index (Phi) is 7.53. The average Bonchev–Trinajstić information content (AvgIpc) is 2.86. The van der Waals surface area contributed by atoms with Gasteiger partial charge in [-0.25, -0.2) is 0 Å². The second-order valence-corrected chi connectivity index (χ2v) is 9.14. The summed E-state index contributed by atoms with van der Waals surface area (Å²) in [5.41, 5.74) is 4.73. The number of hydrogen-bond acceptors (Lipinski definition) is 5. The van der Waals surface area contributed by atoms with Crippen molar-refractivity contribution in [3.8, 4) is 11.5 Å². The van der Waals surface area contributed by atoms with Gasteiger partial charge in [0, 0.05) is 44.0 Å². The van der Waals surface area contributed by atoms with E-state index in [0.29, 0.717) is 22.9 Å². The van der Waals surface area contributed by atoms with E-state index in [1.165, 1.54) is 0 Å². The highest BCUT2D eigenvalue weighted by molar-refractivity contribution is 6.30. The highest BCUT2D eigenvalue weighted by Crippen LogP contribution is 2.44. The number of benzene rings is 3. The molecule has 1 aliphatic rings. The predicted octanol–water partition coefficient (Wildman–Crippen LogP) is 5.85. The molecule has 2 unspecified atom stereocenters. The van der Waals surface area contributed by atoms with E-state index in [-0.39, 0.29) is 18.4 Å². The molecule has 0 saturated heterocycles. The predicted molar refractivity (Wildman–Crippen MR) is 140 cm³/mol. The van der Waals surface area contributed by atoms with Crippen LogP contribution in [0.5, 0.6) is 11.5 Å². The number of methoxy groups -OCH3 is 2. The second kappa shape index (κ2) is 10.6. The second-order valence-electron chi connectivity index (χ2n) is 8.70. The number of nitrogens with zero attached hydrogens (tertiary/aromatic N) is 2. The number of hydrogen-bond donors (Lipinski definition) is 0. The first-order valence-corrected chi connectivity index (χ1v) is 12.0. The summed E-state index contributed by atoms with van der Waals surface area (Å²) >= 11 is 6.20. The number of anilines is 2. The zero-order valence-electron chi connectivity index (χ0n) is 20.7. The fraction of sp³-hybridized carbons (Fsp3) is 0.321. The van der Waals surface area contributed by atoms with E-state index >= 15 is 0 Å². The van der Waals surface area contributed by atoms with Crippen molar-refractivity contribution < 1.29 is 19.0 Å². The number of carbonyl (C=O) groups excluding carboxylic acids is 1. The van der Waals surface area contributed by atoms with Crippen molar-refractivity contribution in [2.24, 2.45) is 0 Å². The van der Waals surface area contributed by atoms with Gasteiger partial charge in [0.2, 0.25) is 5.91 Å². The van der Waals surface area contributed by atoms with Crippen LogP contribution in [0.2, 0.25) is 5.02 Å². The third-order valence-electron chi connectivity index (χ3n) is 6.27. The molecule has 0 fully saturated rings. The van der Waals surface area contributed by atoms with E-state index in [9.17, 15) is 4.79 Å². The van der Waals surface area contributed by atoms with Gasteiger partial charge in [0.05, 0.1) is 19.6 Å². The smallest absolute Gasteiger partial charge is 0.232 e. The molecule has 0 spiro atoms. The van der Waals surface area contributed by atoms with Crippen molar-refractivity contribution in [1.82, 2.24) is 0 Å². The summed E-state index contributed by atoms with van der Waals surface area (Å²) in [5, 5.41) is 0.641. The summed E-state index contributed by atoms with van der Waals surface area (Å²) in [6.45, 7) is 1.99. The van der Waals surface area contributed by atoms with Gasteiger partial charge in [-0.2, -0.15) is 0 Å². The van der Waals surface area contributed by atoms with Gasteiger partial charge in [-0.1, -0.05) is 30.7 Å². The molecule has 0 aliphatic carbocycles. The van der Waals surface area contributed by atoms with E-state index < -0.39 is 6.29 Å². The molecule has 3 aromatic rings. The van der Waals surface area contributed by atoms with Crippen molar-refractivity contribution in [2.45, 2.75) is 32.1 Å². The fourth-order valence-corrected chi connectivity index (χ4v) is 4.55. The molecule has 6 nitrogen and oxygen atoms in total. The molecule has 0 aromatic heterocycles. The quantitative estimate of drug-likeness (QED) is 0.367. The standard InChI is InChI=1S/C28H31ClN2O4/c1-6-27(34-5)35-25-17-23-19(15-24(25)33-4)16-26(32)31(22-13-11-21(12-14-22)30(2)3)28(23)18-7-9-20(29)10-8-18/h7-15,17,27-28H,6,16H2,1-5H3. The Morgan fingerprint density at radius 2 is 1.71 bits per heavy atom. The summed E-state index contributed by atoms with van der Waals surface area (Å²) < 4.78 is 17.2. The summed E-state index contributed by atoms with van der Waals surface area (Å²) in [4.78, 5) is 17.5. The van der Waals surface area contributed by atoms with Gasteiger partial charge in [-0.3, -0.25) is 4.79 Å². The van der Waals surface area contributed by atoms with Crippen molar-refractivity contribution >= 4 is 28.9 Å². The van der Waals surface area contributed by atoms with E-state index in [2.05, 4.69) is 0 Å². The first-order valence-electron chi connectivity index (χ1n) is 11.6. The number of amides is 1. The largest absolute Gasteiger partial charge is 0.493 e. The van der Waals surface area contributed by atoms with Gasteiger partial charge < -0.3 is 24.0 Å². The van der Waals surface area contributed by atoms with Crippen LogP contribution in [0.1, 0.15) is 36.1 Å². The first-order chi connectivity index (χ1) is 16.9. The van der Waals surface area contributed by atoms with Crippen molar-refractivity contribution in [3.05, 3.63) is 82.4 Å².